The fraction of sp³-hybridized carbons (Fsp3) is 0.368. The lowest BCUT2D eigenvalue weighted by atomic mass is 10.2. The molecule has 2 heterocycles. The number of pyridine rings is 1. The molecule has 3 rings (SSSR count). The highest BCUT2D eigenvalue weighted by Crippen LogP contribution is 2.33. The average molecular weight is 447 g/mol. The number of carbonyl (C=O) groups excluding carboxylic acids is 1. The van der Waals surface area contributed by atoms with E-state index in [0.29, 0.717) is 42.7 Å². The Kier molecular flexibility index (Phi) is 6.87. The Morgan fingerprint density at radius 1 is 1.10 bits per heavy atom. The third kappa shape index (κ3) is 5.98. The van der Waals surface area contributed by atoms with Crippen molar-refractivity contribution in [1.82, 2.24) is 9.88 Å². The van der Waals surface area contributed by atoms with Gasteiger partial charge in [-0.05, 0) is 36.8 Å². The first-order valence-corrected chi connectivity index (χ1v) is 9.73. The van der Waals surface area contributed by atoms with Crippen molar-refractivity contribution >= 4 is 40.6 Å². The molecule has 2 aromatic rings. The zero-order valence-corrected chi connectivity index (χ0v) is 16.9. The number of hydrogen-bond acceptors (Lipinski definition) is 4. The quantitative estimate of drug-likeness (QED) is 0.747. The molecule has 1 amide bonds. The molecule has 1 saturated heterocycles. The summed E-state index contributed by atoms with van der Waals surface area (Å²) in [6.07, 6.45) is -2.96. The zero-order chi connectivity index (χ0) is 21.0. The Bertz CT molecular complexity index is 862. The number of amides is 1. The Balaban J connectivity index is 1.57. The molecule has 0 aliphatic carbocycles. The third-order valence-corrected chi connectivity index (χ3v) is 5.06. The molecule has 1 fully saturated rings. The van der Waals surface area contributed by atoms with E-state index in [1.165, 1.54) is 0 Å². The maximum absolute atomic E-state index is 12.8. The highest BCUT2D eigenvalue weighted by Gasteiger charge is 2.32. The molecular weight excluding hydrogens is 428 g/mol. The van der Waals surface area contributed by atoms with Crippen LogP contribution in [-0.2, 0) is 11.0 Å². The van der Waals surface area contributed by atoms with Gasteiger partial charge in [-0.3, -0.25) is 9.69 Å². The van der Waals surface area contributed by atoms with E-state index in [4.69, 9.17) is 23.2 Å². The van der Waals surface area contributed by atoms with Crippen LogP contribution >= 0.6 is 23.2 Å². The van der Waals surface area contributed by atoms with Crippen LogP contribution in [0.25, 0.3) is 0 Å². The number of anilines is 2. The molecule has 0 saturated carbocycles. The number of aromatic nitrogens is 1. The van der Waals surface area contributed by atoms with Crippen LogP contribution in [0, 0.1) is 0 Å². The molecule has 0 atom stereocenters. The van der Waals surface area contributed by atoms with Crippen molar-refractivity contribution in [1.29, 1.82) is 0 Å². The Morgan fingerprint density at radius 2 is 1.83 bits per heavy atom. The molecule has 1 N–H and O–H groups in total. The number of rotatable bonds is 4. The average Bonchev–Trinajstić information content (AvgIpc) is 2.88. The molecule has 29 heavy (non-hydrogen) atoms. The molecule has 10 heteroatoms. The van der Waals surface area contributed by atoms with Crippen LogP contribution in [0.1, 0.15) is 12.0 Å². The monoisotopic (exact) mass is 446 g/mol. The Labute approximate surface area is 176 Å². The molecule has 0 radical (unpaired) electrons. The van der Waals surface area contributed by atoms with Gasteiger partial charge in [0.05, 0.1) is 17.1 Å². The van der Waals surface area contributed by atoms with Gasteiger partial charge in [0.15, 0.2) is 0 Å². The second-order valence-corrected chi connectivity index (χ2v) is 7.54. The minimum Gasteiger partial charge on any atom is -0.354 e. The number of carbonyl (C=O) groups is 1. The first kappa shape index (κ1) is 21.7. The van der Waals surface area contributed by atoms with Gasteiger partial charge in [0, 0.05) is 43.1 Å². The zero-order valence-electron chi connectivity index (χ0n) is 15.3. The van der Waals surface area contributed by atoms with E-state index >= 15 is 0 Å². The number of nitrogens with one attached hydrogen (secondary N) is 1. The molecule has 1 aromatic heterocycles. The van der Waals surface area contributed by atoms with Gasteiger partial charge in [0.25, 0.3) is 0 Å². The molecule has 0 spiro atoms. The standard InChI is InChI=1S/C19H19Cl2F3N4O/c20-14-2-4-15(5-3-14)26-17(29)12-27-6-1-7-28(9-8-27)18-16(21)10-13(11-25-18)19(22,23)24/h2-5,10-11H,1,6-9,12H2,(H,26,29). The Hall–Kier alpha value is -2.03. The lowest BCUT2D eigenvalue weighted by Crippen LogP contribution is -2.36. The van der Waals surface area contributed by atoms with Crippen molar-refractivity contribution in [2.24, 2.45) is 0 Å². The van der Waals surface area contributed by atoms with Crippen LogP contribution in [0.5, 0.6) is 0 Å². The number of benzene rings is 1. The minimum atomic E-state index is -4.48. The SMILES string of the molecule is O=C(CN1CCCN(c2ncc(C(F)(F)F)cc2Cl)CC1)Nc1ccc(Cl)cc1. The molecule has 0 unspecified atom stereocenters. The summed E-state index contributed by atoms with van der Waals surface area (Å²) < 4.78 is 38.4. The van der Waals surface area contributed by atoms with Crippen molar-refractivity contribution in [2.45, 2.75) is 12.6 Å². The van der Waals surface area contributed by atoms with Gasteiger partial charge in [0.1, 0.15) is 5.82 Å². The number of nitrogens with zero attached hydrogens (tertiary/aromatic N) is 3. The van der Waals surface area contributed by atoms with Crippen LogP contribution in [0.3, 0.4) is 0 Å². The molecular formula is C19H19Cl2F3N4O. The highest BCUT2D eigenvalue weighted by molar-refractivity contribution is 6.33. The fourth-order valence-electron chi connectivity index (χ4n) is 3.10. The molecule has 5 nitrogen and oxygen atoms in total. The van der Waals surface area contributed by atoms with Crippen LogP contribution in [0.15, 0.2) is 36.5 Å². The van der Waals surface area contributed by atoms with Gasteiger partial charge >= 0.3 is 6.18 Å². The smallest absolute Gasteiger partial charge is 0.354 e. The van der Waals surface area contributed by atoms with Crippen molar-refractivity contribution in [3.8, 4) is 0 Å². The molecule has 156 valence electrons. The van der Waals surface area contributed by atoms with Crippen molar-refractivity contribution in [3.05, 3.63) is 52.1 Å². The second-order valence-electron chi connectivity index (χ2n) is 6.70. The molecule has 1 aliphatic heterocycles. The van der Waals surface area contributed by atoms with Crippen LogP contribution in [0.4, 0.5) is 24.7 Å². The molecule has 1 aromatic carbocycles. The summed E-state index contributed by atoms with van der Waals surface area (Å²) >= 11 is 11.9. The van der Waals surface area contributed by atoms with E-state index in [-0.39, 0.29) is 17.5 Å². The van der Waals surface area contributed by atoms with E-state index < -0.39 is 11.7 Å². The van der Waals surface area contributed by atoms with Gasteiger partial charge in [-0.2, -0.15) is 13.2 Å². The fourth-order valence-corrected chi connectivity index (χ4v) is 3.51. The van der Waals surface area contributed by atoms with Crippen LogP contribution in [-0.4, -0.2) is 48.5 Å². The van der Waals surface area contributed by atoms with E-state index in [0.717, 1.165) is 18.7 Å². The predicted octanol–water partition coefficient (Wildman–Crippen LogP) is 4.56. The predicted molar refractivity (Wildman–Crippen MR) is 108 cm³/mol. The number of alkyl halides is 3. The molecule has 0 bridgehead atoms. The third-order valence-electron chi connectivity index (χ3n) is 4.53. The van der Waals surface area contributed by atoms with Gasteiger partial charge in [-0.25, -0.2) is 4.98 Å². The minimum absolute atomic E-state index is 0.0336. The summed E-state index contributed by atoms with van der Waals surface area (Å²) in [6, 6.07) is 7.74. The second kappa shape index (κ2) is 9.19. The van der Waals surface area contributed by atoms with E-state index in [1.807, 2.05) is 9.80 Å². The van der Waals surface area contributed by atoms with E-state index in [1.54, 1.807) is 24.3 Å². The topological polar surface area (TPSA) is 48.5 Å². The number of hydrogen-bond donors (Lipinski definition) is 1. The normalized spacial score (nSPS) is 15.8. The first-order chi connectivity index (χ1) is 13.7. The summed E-state index contributed by atoms with van der Waals surface area (Å²) in [6.45, 7) is 2.56. The van der Waals surface area contributed by atoms with Crippen LogP contribution < -0.4 is 10.2 Å². The summed E-state index contributed by atoms with van der Waals surface area (Å²) in [5, 5.41) is 3.37. The van der Waals surface area contributed by atoms with Crippen LogP contribution in [0.2, 0.25) is 10.0 Å². The largest absolute Gasteiger partial charge is 0.417 e. The van der Waals surface area contributed by atoms with Crippen molar-refractivity contribution in [3.63, 3.8) is 0 Å². The summed E-state index contributed by atoms with van der Waals surface area (Å²) in [4.78, 5) is 20.0. The van der Waals surface area contributed by atoms with Crippen molar-refractivity contribution < 1.29 is 18.0 Å². The highest BCUT2D eigenvalue weighted by atomic mass is 35.5. The van der Waals surface area contributed by atoms with E-state index in [9.17, 15) is 18.0 Å². The summed E-state index contributed by atoms with van der Waals surface area (Å²) in [5.41, 5.74) is -0.210. The number of halogens is 5. The van der Waals surface area contributed by atoms with E-state index in [2.05, 4.69) is 10.3 Å². The first-order valence-electron chi connectivity index (χ1n) is 8.98. The van der Waals surface area contributed by atoms with Gasteiger partial charge < -0.3 is 10.2 Å². The summed E-state index contributed by atoms with van der Waals surface area (Å²) in [7, 11) is 0. The van der Waals surface area contributed by atoms with Crippen molar-refractivity contribution in [2.75, 3.05) is 42.9 Å². The maximum atomic E-state index is 12.8. The summed E-state index contributed by atoms with van der Waals surface area (Å²) in [5.74, 6) is 0.179. The lowest BCUT2D eigenvalue weighted by molar-refractivity contribution is -0.137. The lowest BCUT2D eigenvalue weighted by Gasteiger charge is -2.23. The Morgan fingerprint density at radius 3 is 2.48 bits per heavy atom. The van der Waals surface area contributed by atoms with Gasteiger partial charge in [-0.15, -0.1) is 0 Å². The molecule has 1 aliphatic rings. The van der Waals surface area contributed by atoms with Gasteiger partial charge in [-0.1, -0.05) is 23.2 Å². The maximum Gasteiger partial charge on any atom is 0.417 e. The van der Waals surface area contributed by atoms with Gasteiger partial charge in [0.2, 0.25) is 5.91 Å².